The molecule has 1 aromatic heterocycles. The lowest BCUT2D eigenvalue weighted by Gasteiger charge is -2.07. The first-order valence-electron chi connectivity index (χ1n) is 5.42. The molecule has 1 heterocycles. The number of carbonyl (C=O) groups excluding carboxylic acids is 1. The number of nitrogens with zero attached hydrogens (tertiary/aromatic N) is 4. The van der Waals surface area contributed by atoms with Crippen LogP contribution in [0, 0.1) is 0 Å². The normalized spacial score (nSPS) is 10.8. The molecule has 0 aliphatic carbocycles. The fourth-order valence-corrected chi connectivity index (χ4v) is 2.01. The summed E-state index contributed by atoms with van der Waals surface area (Å²) in [6.45, 7) is 4.21. The van der Waals surface area contributed by atoms with Crippen molar-refractivity contribution in [3.8, 4) is 0 Å². The van der Waals surface area contributed by atoms with Crippen LogP contribution in [0.3, 0.4) is 0 Å². The van der Waals surface area contributed by atoms with Crippen molar-refractivity contribution >= 4 is 17.7 Å². The van der Waals surface area contributed by atoms with E-state index in [2.05, 4.69) is 20.8 Å². The highest BCUT2D eigenvalue weighted by Crippen LogP contribution is 2.14. The second-order valence-corrected chi connectivity index (χ2v) is 4.79. The van der Waals surface area contributed by atoms with E-state index in [4.69, 9.17) is 5.11 Å². The summed E-state index contributed by atoms with van der Waals surface area (Å²) in [5, 5.41) is 23.3. The van der Waals surface area contributed by atoms with Crippen LogP contribution in [0.25, 0.3) is 0 Å². The summed E-state index contributed by atoms with van der Waals surface area (Å²) < 4.78 is 1.52. The average molecular weight is 259 g/mol. The third kappa shape index (κ3) is 5.14. The van der Waals surface area contributed by atoms with Gasteiger partial charge in [-0.3, -0.25) is 4.79 Å². The van der Waals surface area contributed by atoms with Crippen LogP contribution in [-0.4, -0.2) is 49.6 Å². The van der Waals surface area contributed by atoms with Crippen LogP contribution >= 0.6 is 11.8 Å². The van der Waals surface area contributed by atoms with E-state index < -0.39 is 0 Å². The highest BCUT2D eigenvalue weighted by Gasteiger charge is 2.08. The van der Waals surface area contributed by atoms with Crippen molar-refractivity contribution in [1.82, 2.24) is 25.5 Å². The van der Waals surface area contributed by atoms with E-state index in [-0.39, 0.29) is 18.6 Å². The second kappa shape index (κ2) is 7.23. The summed E-state index contributed by atoms with van der Waals surface area (Å²) in [5.74, 6) is 0.637. The van der Waals surface area contributed by atoms with Gasteiger partial charge in [-0.25, -0.2) is 4.68 Å². The van der Waals surface area contributed by atoms with Crippen molar-refractivity contribution in [3.05, 3.63) is 0 Å². The Hall–Kier alpha value is -1.15. The zero-order valence-electron chi connectivity index (χ0n) is 9.96. The predicted octanol–water partition coefficient (Wildman–Crippen LogP) is -0.328. The maximum absolute atomic E-state index is 11.4. The summed E-state index contributed by atoms with van der Waals surface area (Å²) in [6.07, 6.45) is 0.425. The van der Waals surface area contributed by atoms with Crippen molar-refractivity contribution in [2.75, 3.05) is 12.4 Å². The van der Waals surface area contributed by atoms with E-state index in [1.54, 1.807) is 0 Å². The number of aromatic nitrogens is 4. The monoisotopic (exact) mass is 259 g/mol. The Kier molecular flexibility index (Phi) is 5.92. The van der Waals surface area contributed by atoms with Crippen LogP contribution in [0.1, 0.15) is 20.3 Å². The molecule has 0 spiro atoms. The molecule has 0 saturated carbocycles. The van der Waals surface area contributed by atoms with Gasteiger partial charge in [0.15, 0.2) is 0 Å². The van der Waals surface area contributed by atoms with E-state index in [9.17, 15) is 4.79 Å². The smallest absolute Gasteiger partial charge is 0.221 e. The highest BCUT2D eigenvalue weighted by atomic mass is 32.2. The molecule has 7 nitrogen and oxygen atoms in total. The lowest BCUT2D eigenvalue weighted by atomic mass is 10.3. The van der Waals surface area contributed by atoms with E-state index in [0.717, 1.165) is 0 Å². The summed E-state index contributed by atoms with van der Waals surface area (Å²) >= 11 is 1.40. The molecular weight excluding hydrogens is 242 g/mol. The Morgan fingerprint density at radius 2 is 2.35 bits per heavy atom. The maximum Gasteiger partial charge on any atom is 0.221 e. The van der Waals surface area contributed by atoms with Crippen LogP contribution in [0.15, 0.2) is 5.16 Å². The molecule has 0 atom stereocenters. The first-order chi connectivity index (χ1) is 8.13. The maximum atomic E-state index is 11.4. The SMILES string of the molecule is CC(C)NC(=O)CCSc1nnnn1CCO. The van der Waals surface area contributed by atoms with Crippen LogP contribution in [0.5, 0.6) is 0 Å². The molecule has 0 aliphatic rings. The second-order valence-electron chi connectivity index (χ2n) is 3.73. The number of aliphatic hydroxyl groups is 1. The van der Waals surface area contributed by atoms with Crippen LogP contribution in [-0.2, 0) is 11.3 Å². The standard InChI is InChI=1S/C9H17N5O2S/c1-7(2)10-8(16)3-6-17-9-11-12-13-14(9)4-5-15/h7,15H,3-6H2,1-2H3,(H,10,16). The van der Waals surface area contributed by atoms with E-state index in [0.29, 0.717) is 23.9 Å². The van der Waals surface area contributed by atoms with Gasteiger partial charge in [-0.1, -0.05) is 11.8 Å². The molecule has 17 heavy (non-hydrogen) atoms. The number of amides is 1. The van der Waals surface area contributed by atoms with Crippen LogP contribution in [0.4, 0.5) is 0 Å². The minimum absolute atomic E-state index is 0.00750. The van der Waals surface area contributed by atoms with Gasteiger partial charge in [0.05, 0.1) is 13.2 Å². The van der Waals surface area contributed by atoms with Gasteiger partial charge < -0.3 is 10.4 Å². The summed E-state index contributed by atoms with van der Waals surface area (Å²) in [7, 11) is 0. The highest BCUT2D eigenvalue weighted by molar-refractivity contribution is 7.99. The zero-order valence-corrected chi connectivity index (χ0v) is 10.8. The number of carbonyl (C=O) groups is 1. The molecule has 1 aromatic rings. The van der Waals surface area contributed by atoms with Crippen molar-refractivity contribution in [2.24, 2.45) is 0 Å². The van der Waals surface area contributed by atoms with Crippen molar-refractivity contribution in [2.45, 2.75) is 38.0 Å². The predicted molar refractivity (Wildman–Crippen MR) is 63.5 cm³/mol. The topological polar surface area (TPSA) is 92.9 Å². The Bertz CT molecular complexity index is 355. The van der Waals surface area contributed by atoms with Crippen molar-refractivity contribution in [1.29, 1.82) is 0 Å². The molecule has 0 unspecified atom stereocenters. The summed E-state index contributed by atoms with van der Waals surface area (Å²) in [6, 6.07) is 0.159. The van der Waals surface area contributed by atoms with E-state index in [1.807, 2.05) is 13.8 Å². The minimum atomic E-state index is -0.00750. The molecule has 96 valence electrons. The fourth-order valence-electron chi connectivity index (χ4n) is 1.16. The molecular formula is C9H17N5O2S. The number of aliphatic hydroxyl groups excluding tert-OH is 1. The van der Waals surface area contributed by atoms with Crippen LogP contribution < -0.4 is 5.32 Å². The Morgan fingerprint density at radius 3 is 3.00 bits per heavy atom. The molecule has 2 N–H and O–H groups in total. The van der Waals surface area contributed by atoms with Gasteiger partial charge in [0, 0.05) is 18.2 Å². The molecule has 8 heteroatoms. The van der Waals surface area contributed by atoms with Crippen molar-refractivity contribution < 1.29 is 9.90 Å². The number of rotatable bonds is 7. The first-order valence-corrected chi connectivity index (χ1v) is 6.41. The van der Waals surface area contributed by atoms with Gasteiger partial charge in [0.25, 0.3) is 0 Å². The van der Waals surface area contributed by atoms with Gasteiger partial charge >= 0.3 is 0 Å². The number of tetrazole rings is 1. The molecule has 1 amide bonds. The summed E-state index contributed by atoms with van der Waals surface area (Å²) in [5.41, 5.74) is 0. The van der Waals surface area contributed by atoms with Gasteiger partial charge in [0.2, 0.25) is 11.1 Å². The molecule has 0 aliphatic heterocycles. The molecule has 1 rings (SSSR count). The lowest BCUT2D eigenvalue weighted by Crippen LogP contribution is -2.30. The molecule has 0 bridgehead atoms. The lowest BCUT2D eigenvalue weighted by molar-refractivity contribution is -0.121. The Labute approximate surface area is 104 Å². The van der Waals surface area contributed by atoms with Gasteiger partial charge in [0.1, 0.15) is 0 Å². The van der Waals surface area contributed by atoms with Crippen LogP contribution in [0.2, 0.25) is 0 Å². The van der Waals surface area contributed by atoms with E-state index >= 15 is 0 Å². The molecule has 0 radical (unpaired) electrons. The van der Waals surface area contributed by atoms with Gasteiger partial charge in [-0.15, -0.1) is 5.10 Å². The minimum Gasteiger partial charge on any atom is -0.394 e. The molecule has 0 aromatic carbocycles. The average Bonchev–Trinajstić information content (AvgIpc) is 2.65. The Balaban J connectivity index is 2.30. The number of thioether (sulfide) groups is 1. The fraction of sp³-hybridized carbons (Fsp3) is 0.778. The Morgan fingerprint density at radius 1 is 1.59 bits per heavy atom. The third-order valence-corrected chi connectivity index (χ3v) is 2.78. The number of hydrogen-bond acceptors (Lipinski definition) is 6. The van der Waals surface area contributed by atoms with Gasteiger partial charge in [-0.05, 0) is 24.3 Å². The third-order valence-electron chi connectivity index (χ3n) is 1.82. The van der Waals surface area contributed by atoms with E-state index in [1.165, 1.54) is 16.4 Å². The molecule has 0 saturated heterocycles. The van der Waals surface area contributed by atoms with Crippen molar-refractivity contribution in [3.63, 3.8) is 0 Å². The number of nitrogens with one attached hydrogen (secondary N) is 1. The number of hydrogen-bond donors (Lipinski definition) is 2. The quantitative estimate of drug-likeness (QED) is 0.651. The first kappa shape index (κ1) is 13.9. The van der Waals surface area contributed by atoms with Gasteiger partial charge in [-0.2, -0.15) is 0 Å². The largest absolute Gasteiger partial charge is 0.394 e. The summed E-state index contributed by atoms with van der Waals surface area (Å²) in [4.78, 5) is 11.4. The molecule has 0 fully saturated rings. The zero-order chi connectivity index (χ0) is 12.7.